The van der Waals surface area contributed by atoms with Gasteiger partial charge in [-0.05, 0) is 19.4 Å². The van der Waals surface area contributed by atoms with Crippen LogP contribution in [0.4, 0.5) is 0 Å². The predicted molar refractivity (Wildman–Crippen MR) is 58.4 cm³/mol. The summed E-state index contributed by atoms with van der Waals surface area (Å²) in [6.45, 7) is -0.355. The van der Waals surface area contributed by atoms with Crippen LogP contribution in [-0.2, 0) is 14.4 Å². The van der Waals surface area contributed by atoms with E-state index in [0.717, 1.165) is 0 Å². The van der Waals surface area contributed by atoms with Crippen molar-refractivity contribution in [1.82, 2.24) is 10.6 Å². The third-order valence-corrected chi connectivity index (χ3v) is 1.94. The fraction of sp³-hybridized carbons (Fsp3) is 0.667. The number of nitrogens with two attached hydrogens (primary N) is 1. The van der Waals surface area contributed by atoms with E-state index in [0.29, 0.717) is 19.4 Å². The number of aliphatic carboxylic acids is 2. The summed E-state index contributed by atoms with van der Waals surface area (Å²) < 4.78 is 0. The zero-order valence-corrected chi connectivity index (χ0v) is 9.31. The van der Waals surface area contributed by atoms with Gasteiger partial charge in [-0.25, -0.2) is 0 Å². The standard InChI is InChI=1S/C9H17N3O5/c10-3-1-2-6(9(16)17)11-4-7(13)12-5-8(14)15/h6,11H,1-5,10H2,(H,12,13)(H,14,15)(H,16,17)/t6-/m0/s1. The van der Waals surface area contributed by atoms with E-state index in [2.05, 4.69) is 10.6 Å². The van der Waals surface area contributed by atoms with Gasteiger partial charge in [-0.3, -0.25) is 19.7 Å². The molecule has 0 aliphatic carbocycles. The normalized spacial score (nSPS) is 11.8. The molecule has 8 heteroatoms. The molecule has 0 rings (SSSR count). The third-order valence-electron chi connectivity index (χ3n) is 1.94. The van der Waals surface area contributed by atoms with Crippen molar-refractivity contribution in [3.63, 3.8) is 0 Å². The lowest BCUT2D eigenvalue weighted by Gasteiger charge is -2.13. The van der Waals surface area contributed by atoms with Crippen LogP contribution in [0, 0.1) is 0 Å². The predicted octanol–water partition coefficient (Wildman–Crippen LogP) is -2.03. The number of amides is 1. The summed E-state index contributed by atoms with van der Waals surface area (Å²) in [5.74, 6) is -2.79. The second-order valence-electron chi connectivity index (χ2n) is 3.37. The summed E-state index contributed by atoms with van der Waals surface area (Å²) in [5, 5.41) is 21.7. The van der Waals surface area contributed by atoms with E-state index in [4.69, 9.17) is 15.9 Å². The van der Waals surface area contributed by atoms with Gasteiger partial charge in [0.2, 0.25) is 5.91 Å². The molecule has 0 bridgehead atoms. The van der Waals surface area contributed by atoms with Crippen LogP contribution in [0.2, 0.25) is 0 Å². The quantitative estimate of drug-likeness (QED) is 0.316. The second kappa shape index (κ2) is 8.48. The lowest BCUT2D eigenvalue weighted by molar-refractivity contribution is -0.140. The summed E-state index contributed by atoms with van der Waals surface area (Å²) in [7, 11) is 0. The first-order valence-corrected chi connectivity index (χ1v) is 5.12. The number of hydrogen-bond donors (Lipinski definition) is 5. The highest BCUT2D eigenvalue weighted by Crippen LogP contribution is 1.95. The Kier molecular flexibility index (Phi) is 7.65. The Morgan fingerprint density at radius 1 is 1.18 bits per heavy atom. The average molecular weight is 247 g/mol. The molecule has 0 unspecified atom stereocenters. The van der Waals surface area contributed by atoms with Crippen molar-refractivity contribution >= 4 is 17.8 Å². The van der Waals surface area contributed by atoms with Gasteiger partial charge < -0.3 is 21.3 Å². The Morgan fingerprint density at radius 2 is 1.82 bits per heavy atom. The molecule has 0 aromatic heterocycles. The van der Waals surface area contributed by atoms with Crippen LogP contribution in [-0.4, -0.2) is 53.7 Å². The van der Waals surface area contributed by atoms with Crippen molar-refractivity contribution in [1.29, 1.82) is 0 Å². The van der Waals surface area contributed by atoms with Crippen LogP contribution < -0.4 is 16.4 Å². The molecular formula is C9H17N3O5. The minimum Gasteiger partial charge on any atom is -0.480 e. The summed E-state index contributed by atoms with van der Waals surface area (Å²) in [6, 6.07) is -0.853. The molecule has 1 amide bonds. The van der Waals surface area contributed by atoms with Gasteiger partial charge >= 0.3 is 11.9 Å². The van der Waals surface area contributed by atoms with E-state index in [1.165, 1.54) is 0 Å². The molecule has 17 heavy (non-hydrogen) atoms. The summed E-state index contributed by atoms with van der Waals surface area (Å²) in [6.07, 6.45) is 0.846. The molecule has 0 saturated carbocycles. The largest absolute Gasteiger partial charge is 0.480 e. The van der Waals surface area contributed by atoms with Gasteiger partial charge in [0, 0.05) is 0 Å². The number of rotatable bonds is 9. The van der Waals surface area contributed by atoms with Gasteiger partial charge in [0.1, 0.15) is 12.6 Å². The maximum atomic E-state index is 11.1. The first-order valence-electron chi connectivity index (χ1n) is 5.12. The van der Waals surface area contributed by atoms with Gasteiger partial charge in [0.15, 0.2) is 0 Å². The van der Waals surface area contributed by atoms with Crippen LogP contribution in [0.25, 0.3) is 0 Å². The van der Waals surface area contributed by atoms with E-state index in [1.807, 2.05) is 0 Å². The number of carboxylic acid groups (broad SMARTS) is 2. The first-order chi connectivity index (χ1) is 7.97. The highest BCUT2D eigenvalue weighted by molar-refractivity contribution is 5.83. The molecule has 0 aromatic rings. The number of hydrogen-bond acceptors (Lipinski definition) is 5. The lowest BCUT2D eigenvalue weighted by Crippen LogP contribution is -2.44. The van der Waals surface area contributed by atoms with E-state index in [9.17, 15) is 14.4 Å². The molecule has 0 aromatic carbocycles. The van der Waals surface area contributed by atoms with Crippen molar-refractivity contribution in [2.45, 2.75) is 18.9 Å². The number of carbonyl (C=O) groups excluding carboxylic acids is 1. The summed E-state index contributed by atoms with van der Waals surface area (Å²) in [4.78, 5) is 32.0. The van der Waals surface area contributed by atoms with Crippen molar-refractivity contribution in [2.75, 3.05) is 19.6 Å². The van der Waals surface area contributed by atoms with Crippen molar-refractivity contribution in [3.05, 3.63) is 0 Å². The molecule has 0 heterocycles. The van der Waals surface area contributed by atoms with Crippen LogP contribution in [0.5, 0.6) is 0 Å². The zero-order valence-electron chi connectivity index (χ0n) is 9.31. The van der Waals surface area contributed by atoms with E-state index in [-0.39, 0.29) is 6.54 Å². The molecule has 0 radical (unpaired) electrons. The van der Waals surface area contributed by atoms with Crippen LogP contribution in [0.15, 0.2) is 0 Å². The molecule has 1 atom stereocenters. The zero-order chi connectivity index (χ0) is 13.3. The molecule has 0 spiro atoms. The summed E-state index contributed by atoms with van der Waals surface area (Å²) >= 11 is 0. The minimum atomic E-state index is -1.16. The van der Waals surface area contributed by atoms with E-state index in [1.54, 1.807) is 0 Å². The summed E-state index contributed by atoms with van der Waals surface area (Å²) in [5.41, 5.74) is 5.25. The van der Waals surface area contributed by atoms with Crippen LogP contribution in [0.3, 0.4) is 0 Å². The Morgan fingerprint density at radius 3 is 2.29 bits per heavy atom. The smallest absolute Gasteiger partial charge is 0.322 e. The average Bonchev–Trinajstić information content (AvgIpc) is 2.25. The molecule has 0 saturated heterocycles. The molecule has 0 fully saturated rings. The number of nitrogens with one attached hydrogen (secondary N) is 2. The van der Waals surface area contributed by atoms with Crippen molar-refractivity contribution < 1.29 is 24.6 Å². The molecule has 0 aliphatic heterocycles. The van der Waals surface area contributed by atoms with Gasteiger partial charge in [-0.15, -0.1) is 0 Å². The van der Waals surface area contributed by atoms with Crippen LogP contribution in [0.1, 0.15) is 12.8 Å². The van der Waals surface area contributed by atoms with E-state index < -0.39 is 30.4 Å². The highest BCUT2D eigenvalue weighted by atomic mass is 16.4. The molecule has 8 nitrogen and oxygen atoms in total. The highest BCUT2D eigenvalue weighted by Gasteiger charge is 2.17. The Bertz CT molecular complexity index is 282. The minimum absolute atomic E-state index is 0.241. The Hall–Kier alpha value is -1.67. The van der Waals surface area contributed by atoms with Gasteiger partial charge in [-0.2, -0.15) is 0 Å². The topological polar surface area (TPSA) is 142 Å². The fourth-order valence-corrected chi connectivity index (χ4v) is 1.09. The SMILES string of the molecule is NCCC[C@H](NCC(=O)NCC(=O)O)C(=O)O. The Balaban J connectivity index is 3.90. The maximum absolute atomic E-state index is 11.1. The van der Waals surface area contributed by atoms with Crippen LogP contribution >= 0.6 is 0 Å². The fourth-order valence-electron chi connectivity index (χ4n) is 1.09. The van der Waals surface area contributed by atoms with Gasteiger partial charge in [0.25, 0.3) is 0 Å². The monoisotopic (exact) mass is 247 g/mol. The van der Waals surface area contributed by atoms with Crippen molar-refractivity contribution in [3.8, 4) is 0 Å². The number of carboxylic acids is 2. The van der Waals surface area contributed by atoms with E-state index >= 15 is 0 Å². The van der Waals surface area contributed by atoms with Gasteiger partial charge in [-0.1, -0.05) is 0 Å². The number of carbonyl (C=O) groups is 3. The molecule has 6 N–H and O–H groups in total. The second-order valence-corrected chi connectivity index (χ2v) is 3.37. The molecular weight excluding hydrogens is 230 g/mol. The maximum Gasteiger partial charge on any atom is 0.322 e. The third kappa shape index (κ3) is 8.17. The molecule has 98 valence electrons. The van der Waals surface area contributed by atoms with Crippen molar-refractivity contribution in [2.24, 2.45) is 5.73 Å². The molecule has 0 aliphatic rings. The first kappa shape index (κ1) is 15.3. The lowest BCUT2D eigenvalue weighted by atomic mass is 10.1. The Labute approximate surface area is 98.2 Å². The van der Waals surface area contributed by atoms with Gasteiger partial charge in [0.05, 0.1) is 6.54 Å².